The van der Waals surface area contributed by atoms with Gasteiger partial charge in [-0.25, -0.2) is 8.78 Å². The third-order valence-corrected chi connectivity index (χ3v) is 5.43. The Hall–Kier alpha value is -1.83. The van der Waals surface area contributed by atoms with Gasteiger partial charge >= 0.3 is 0 Å². The molecule has 0 aliphatic rings. The van der Waals surface area contributed by atoms with Crippen LogP contribution in [0.1, 0.15) is 10.4 Å². The lowest BCUT2D eigenvalue weighted by Crippen LogP contribution is -2.02. The minimum absolute atomic E-state index is 0.516. The van der Waals surface area contributed by atoms with Crippen LogP contribution >= 0.6 is 35.1 Å². The Kier molecular flexibility index (Phi) is 5.46. The molecule has 3 aromatic rings. The van der Waals surface area contributed by atoms with Gasteiger partial charge < -0.3 is 0 Å². The number of halogens is 3. The molecule has 0 saturated carbocycles. The van der Waals surface area contributed by atoms with Crippen LogP contribution in [0.3, 0.4) is 0 Å². The highest BCUT2D eigenvalue weighted by molar-refractivity contribution is 8.14. The van der Waals surface area contributed by atoms with Crippen molar-refractivity contribution in [2.24, 2.45) is 0 Å². The number of thioether (sulfide) groups is 2. The zero-order chi connectivity index (χ0) is 18.0. The second-order valence-electron chi connectivity index (χ2n) is 4.93. The van der Waals surface area contributed by atoms with E-state index in [1.807, 2.05) is 0 Å². The van der Waals surface area contributed by atoms with Crippen molar-refractivity contribution in [1.82, 2.24) is 10.2 Å². The Bertz CT molecular complexity index is 909. The predicted molar refractivity (Wildman–Crippen MR) is 97.4 cm³/mol. The van der Waals surface area contributed by atoms with E-state index in [1.165, 1.54) is 17.8 Å². The number of benzene rings is 2. The molecule has 25 heavy (non-hydrogen) atoms. The Morgan fingerprint density at radius 3 is 2.36 bits per heavy atom. The van der Waals surface area contributed by atoms with Gasteiger partial charge in [-0.3, -0.25) is 9.89 Å². The molecular formula is C17H11ClF2N2OS2. The summed E-state index contributed by atoms with van der Waals surface area (Å²) in [6.45, 7) is 0. The maximum absolute atomic E-state index is 13.9. The number of hydrogen-bond donors (Lipinski definition) is 1. The molecule has 0 atom stereocenters. The van der Waals surface area contributed by atoms with Gasteiger partial charge in [0.15, 0.2) is 0 Å². The minimum Gasteiger partial charge on any atom is -0.281 e. The zero-order valence-corrected chi connectivity index (χ0v) is 15.2. The average Bonchev–Trinajstić information content (AvgIpc) is 2.98. The van der Waals surface area contributed by atoms with Crippen LogP contribution in [0.15, 0.2) is 52.4 Å². The van der Waals surface area contributed by atoms with E-state index in [-0.39, 0.29) is 0 Å². The van der Waals surface area contributed by atoms with Gasteiger partial charge in [-0.05, 0) is 42.3 Å². The molecule has 1 aromatic heterocycles. The molecule has 128 valence electrons. The first-order chi connectivity index (χ1) is 12.0. The summed E-state index contributed by atoms with van der Waals surface area (Å²) in [7, 11) is 0. The molecule has 1 N–H and O–H groups in total. The number of H-pyrrole nitrogens is 1. The van der Waals surface area contributed by atoms with Crippen molar-refractivity contribution < 1.29 is 13.6 Å². The number of carbonyl (C=O) groups excluding carboxylic acids is 1. The van der Waals surface area contributed by atoms with E-state index in [2.05, 4.69) is 10.2 Å². The summed E-state index contributed by atoms with van der Waals surface area (Å²) < 4.78 is 27.7. The summed E-state index contributed by atoms with van der Waals surface area (Å²) in [6, 6.07) is 10.3. The van der Waals surface area contributed by atoms with Crippen molar-refractivity contribution in [1.29, 1.82) is 0 Å². The summed E-state index contributed by atoms with van der Waals surface area (Å²) in [5, 5.41) is 7.47. The summed E-state index contributed by atoms with van der Waals surface area (Å²) in [5.41, 5.74) is 0.792. The number of carbonyl (C=O) groups is 1. The minimum atomic E-state index is -0.889. The molecule has 0 saturated heterocycles. The summed E-state index contributed by atoms with van der Waals surface area (Å²) in [5.74, 6) is -1.78. The van der Waals surface area contributed by atoms with Crippen molar-refractivity contribution >= 4 is 40.2 Å². The second-order valence-corrected chi connectivity index (χ2v) is 7.14. The van der Waals surface area contributed by atoms with E-state index in [1.54, 1.807) is 30.5 Å². The Balaban J connectivity index is 2.01. The first kappa shape index (κ1) is 18.0. The molecule has 0 spiro atoms. The molecule has 2 aromatic carbocycles. The maximum Gasteiger partial charge on any atom is 0.230 e. The van der Waals surface area contributed by atoms with Gasteiger partial charge in [-0.1, -0.05) is 29.8 Å². The molecule has 3 rings (SSSR count). The molecule has 0 radical (unpaired) electrons. The maximum atomic E-state index is 13.9. The molecule has 0 aliphatic carbocycles. The topological polar surface area (TPSA) is 45.8 Å². The van der Waals surface area contributed by atoms with E-state index in [0.29, 0.717) is 20.6 Å². The number of hydrogen-bond acceptors (Lipinski definition) is 4. The predicted octanol–water partition coefficient (Wildman–Crippen LogP) is 5.66. The van der Waals surface area contributed by atoms with Crippen LogP contribution in [-0.2, 0) is 0 Å². The number of nitrogens with zero attached hydrogens (tertiary/aromatic N) is 1. The zero-order valence-electron chi connectivity index (χ0n) is 12.8. The lowest BCUT2D eigenvalue weighted by Gasteiger charge is -2.06. The highest BCUT2D eigenvalue weighted by atomic mass is 35.5. The molecule has 1 heterocycles. The van der Waals surface area contributed by atoms with Crippen LogP contribution in [0.2, 0.25) is 5.02 Å². The van der Waals surface area contributed by atoms with E-state index in [4.69, 9.17) is 11.6 Å². The average molecular weight is 397 g/mol. The molecule has 3 nitrogen and oxygen atoms in total. The van der Waals surface area contributed by atoms with E-state index < -0.39 is 22.3 Å². The largest absolute Gasteiger partial charge is 0.281 e. The number of rotatable bonds is 4. The number of nitrogens with one attached hydrogen (secondary N) is 1. The highest BCUT2D eigenvalue weighted by Gasteiger charge is 2.23. The summed E-state index contributed by atoms with van der Waals surface area (Å²) in [4.78, 5) is 13.0. The second kappa shape index (κ2) is 7.59. The van der Waals surface area contributed by atoms with Crippen molar-refractivity contribution in [2.75, 3.05) is 6.26 Å². The summed E-state index contributed by atoms with van der Waals surface area (Å²) >= 11 is 7.97. The van der Waals surface area contributed by atoms with Crippen molar-refractivity contribution in [3.8, 4) is 11.3 Å². The quantitative estimate of drug-likeness (QED) is 0.578. The fourth-order valence-corrected chi connectivity index (χ4v) is 4.00. The monoisotopic (exact) mass is 396 g/mol. The van der Waals surface area contributed by atoms with Crippen molar-refractivity contribution in [2.45, 2.75) is 9.92 Å². The molecular weight excluding hydrogens is 386 g/mol. The van der Waals surface area contributed by atoms with Crippen LogP contribution in [0.4, 0.5) is 8.78 Å². The third-order valence-electron chi connectivity index (χ3n) is 3.38. The number of aromatic nitrogens is 2. The fourth-order valence-electron chi connectivity index (χ4n) is 2.20. The van der Waals surface area contributed by atoms with Gasteiger partial charge in [0.2, 0.25) is 5.12 Å². The van der Waals surface area contributed by atoms with Gasteiger partial charge in [0, 0.05) is 10.6 Å². The van der Waals surface area contributed by atoms with Crippen LogP contribution in [0, 0.1) is 11.6 Å². The Labute approximate surface area is 156 Å². The lowest BCUT2D eigenvalue weighted by atomic mass is 10.1. The van der Waals surface area contributed by atoms with Crippen LogP contribution in [0.25, 0.3) is 11.3 Å². The lowest BCUT2D eigenvalue weighted by molar-refractivity contribution is 0.108. The SMILES string of the molecule is CSc1n[nH]c(-c2ccc(Cl)cc2)c1SC(=O)c1c(F)cccc1F. The van der Waals surface area contributed by atoms with Crippen LogP contribution in [-0.4, -0.2) is 21.6 Å². The smallest absolute Gasteiger partial charge is 0.230 e. The van der Waals surface area contributed by atoms with Crippen molar-refractivity contribution in [3.63, 3.8) is 0 Å². The van der Waals surface area contributed by atoms with Crippen LogP contribution < -0.4 is 0 Å². The van der Waals surface area contributed by atoms with Gasteiger partial charge in [-0.15, -0.1) is 11.8 Å². The Morgan fingerprint density at radius 1 is 1.12 bits per heavy atom. The van der Waals surface area contributed by atoms with Gasteiger partial charge in [0.05, 0.1) is 10.6 Å². The third kappa shape index (κ3) is 3.73. The normalized spacial score (nSPS) is 10.9. The number of aromatic amines is 1. The van der Waals surface area contributed by atoms with Gasteiger partial charge in [-0.2, -0.15) is 5.10 Å². The molecule has 8 heteroatoms. The van der Waals surface area contributed by atoms with Gasteiger partial charge in [0.25, 0.3) is 0 Å². The fraction of sp³-hybridized carbons (Fsp3) is 0.0588. The molecule has 0 bridgehead atoms. The molecule has 0 unspecified atom stereocenters. The highest BCUT2D eigenvalue weighted by Crippen LogP contribution is 2.38. The summed E-state index contributed by atoms with van der Waals surface area (Å²) in [6.07, 6.45) is 1.81. The molecule has 0 fully saturated rings. The first-order valence-corrected chi connectivity index (χ1v) is 9.47. The molecule has 0 aliphatic heterocycles. The van der Waals surface area contributed by atoms with E-state index in [0.717, 1.165) is 29.5 Å². The van der Waals surface area contributed by atoms with Gasteiger partial charge in [0.1, 0.15) is 22.2 Å². The van der Waals surface area contributed by atoms with Crippen LogP contribution in [0.5, 0.6) is 0 Å². The van der Waals surface area contributed by atoms with E-state index in [9.17, 15) is 13.6 Å². The van der Waals surface area contributed by atoms with E-state index >= 15 is 0 Å². The van der Waals surface area contributed by atoms with Crippen molar-refractivity contribution in [3.05, 3.63) is 64.7 Å². The first-order valence-electron chi connectivity index (χ1n) is 7.05. The Morgan fingerprint density at radius 2 is 1.76 bits per heavy atom. The standard InChI is InChI=1S/C17H11ClF2N2OS2/c1-24-16-15(14(21-22-16)9-5-7-10(18)8-6-9)25-17(23)13-11(19)3-2-4-12(13)20/h2-8H,1H3,(H,21,22). The molecule has 0 amide bonds.